The van der Waals surface area contributed by atoms with Crippen LogP contribution in [-0.2, 0) is 23.9 Å². The number of rotatable bonds is 8. The van der Waals surface area contributed by atoms with Gasteiger partial charge in [-0.3, -0.25) is 19.8 Å². The van der Waals surface area contributed by atoms with Gasteiger partial charge in [0.2, 0.25) is 0 Å². The number of carboxylic acid groups (broad SMARTS) is 1. The number of hydrazine groups is 1. The van der Waals surface area contributed by atoms with E-state index in [9.17, 15) is 24.0 Å². The molecule has 0 aliphatic carbocycles. The van der Waals surface area contributed by atoms with Gasteiger partial charge in [-0.05, 0) is 61.3 Å². The molecular weight excluding hydrogens is 436 g/mol. The van der Waals surface area contributed by atoms with Gasteiger partial charge < -0.3 is 24.8 Å². The van der Waals surface area contributed by atoms with Crippen molar-refractivity contribution in [3.63, 3.8) is 0 Å². The highest BCUT2D eigenvalue weighted by molar-refractivity contribution is 6.10. The van der Waals surface area contributed by atoms with Crippen LogP contribution >= 0.6 is 0 Å². The third-order valence-corrected chi connectivity index (χ3v) is 4.61. The molecule has 1 aliphatic heterocycles. The first-order valence-electron chi connectivity index (χ1n) is 10.7. The second-order valence-electron chi connectivity index (χ2n) is 9.83. The minimum atomic E-state index is -1.85. The van der Waals surface area contributed by atoms with E-state index in [1.807, 2.05) is 0 Å². The topological polar surface area (TPSA) is 155 Å². The highest BCUT2D eigenvalue weighted by Gasteiger charge is 2.54. The van der Waals surface area contributed by atoms with Crippen molar-refractivity contribution in [3.8, 4) is 0 Å². The van der Waals surface area contributed by atoms with Crippen molar-refractivity contribution in [1.82, 2.24) is 20.7 Å². The van der Waals surface area contributed by atoms with Gasteiger partial charge in [-0.2, -0.15) is 5.01 Å². The van der Waals surface area contributed by atoms with Crippen molar-refractivity contribution in [2.45, 2.75) is 78.0 Å². The standard InChI is InChI=1S/C21H36N4O8/c1-14(26)21(9-8-10-22-17(30)32-19(2,3)4)16(29)24(13-15(27)28)11-12-25(21)23-18(31)33-20(5,6)7/h8-13H2,1-7H3,(H,22,30)(H,23,31)(H,27,28). The van der Waals surface area contributed by atoms with E-state index in [1.54, 1.807) is 41.5 Å². The summed E-state index contributed by atoms with van der Waals surface area (Å²) in [5.41, 5.74) is -0.865. The molecule has 0 aromatic carbocycles. The van der Waals surface area contributed by atoms with Gasteiger partial charge in [0.05, 0.1) is 0 Å². The van der Waals surface area contributed by atoms with Crippen LogP contribution in [0.15, 0.2) is 0 Å². The Morgan fingerprint density at radius 2 is 1.55 bits per heavy atom. The average molecular weight is 473 g/mol. The normalized spacial score (nSPS) is 19.6. The lowest BCUT2D eigenvalue weighted by atomic mass is 9.84. The molecule has 1 rings (SSSR count). The van der Waals surface area contributed by atoms with Gasteiger partial charge in [-0.25, -0.2) is 9.59 Å². The van der Waals surface area contributed by atoms with Gasteiger partial charge >= 0.3 is 18.2 Å². The summed E-state index contributed by atoms with van der Waals surface area (Å²) in [6.07, 6.45) is -1.40. The molecule has 3 amide bonds. The van der Waals surface area contributed by atoms with Crippen LogP contribution in [0, 0.1) is 0 Å². The van der Waals surface area contributed by atoms with Crippen molar-refractivity contribution in [3.05, 3.63) is 0 Å². The Morgan fingerprint density at radius 1 is 1.00 bits per heavy atom. The first-order chi connectivity index (χ1) is 15.0. The zero-order valence-electron chi connectivity index (χ0n) is 20.4. The third kappa shape index (κ3) is 8.52. The number of ether oxygens (including phenoxy) is 2. The largest absolute Gasteiger partial charge is 0.480 e. The zero-order valence-corrected chi connectivity index (χ0v) is 20.4. The molecular formula is C21H36N4O8. The Morgan fingerprint density at radius 3 is 2.03 bits per heavy atom. The Kier molecular flexibility index (Phi) is 9.23. The molecule has 0 bridgehead atoms. The van der Waals surface area contributed by atoms with Gasteiger partial charge in [0, 0.05) is 19.6 Å². The van der Waals surface area contributed by atoms with Crippen molar-refractivity contribution >= 4 is 29.8 Å². The maximum atomic E-state index is 13.3. The number of ketones is 1. The number of carbonyl (C=O) groups is 5. The minimum absolute atomic E-state index is 0.00782. The first kappa shape index (κ1) is 28.1. The van der Waals surface area contributed by atoms with Gasteiger partial charge in [0.25, 0.3) is 5.91 Å². The molecule has 1 heterocycles. The summed E-state index contributed by atoms with van der Waals surface area (Å²) in [4.78, 5) is 62.7. The van der Waals surface area contributed by atoms with Crippen molar-refractivity contribution < 1.29 is 38.6 Å². The number of hydrogen-bond donors (Lipinski definition) is 3. The van der Waals surface area contributed by atoms with E-state index in [1.165, 1.54) is 11.9 Å². The van der Waals surface area contributed by atoms with E-state index in [0.29, 0.717) is 0 Å². The van der Waals surface area contributed by atoms with E-state index >= 15 is 0 Å². The molecule has 0 aromatic rings. The molecule has 33 heavy (non-hydrogen) atoms. The van der Waals surface area contributed by atoms with Crippen molar-refractivity contribution in [2.24, 2.45) is 0 Å². The molecule has 1 atom stereocenters. The molecule has 0 spiro atoms. The number of hydrogen-bond acceptors (Lipinski definition) is 8. The summed E-state index contributed by atoms with van der Waals surface area (Å²) in [5, 5.41) is 12.9. The summed E-state index contributed by atoms with van der Waals surface area (Å²) in [6.45, 7) is 10.9. The van der Waals surface area contributed by atoms with Crippen LogP contribution in [0.5, 0.6) is 0 Å². The first-order valence-corrected chi connectivity index (χ1v) is 10.7. The zero-order chi connectivity index (χ0) is 25.6. The number of aliphatic carboxylic acids is 1. The summed E-state index contributed by atoms with van der Waals surface area (Å²) in [6, 6.07) is 0. The Hall–Kier alpha value is -2.89. The highest BCUT2D eigenvalue weighted by Crippen LogP contribution is 2.28. The SMILES string of the molecule is CC(=O)C1(CCCNC(=O)OC(C)(C)C)C(=O)N(CC(=O)O)CCN1NC(=O)OC(C)(C)C. The molecule has 12 nitrogen and oxygen atoms in total. The lowest BCUT2D eigenvalue weighted by Gasteiger charge is -2.47. The average Bonchev–Trinajstić information content (AvgIpc) is 2.59. The summed E-state index contributed by atoms with van der Waals surface area (Å²) in [7, 11) is 0. The molecule has 188 valence electrons. The Bertz CT molecular complexity index is 771. The van der Waals surface area contributed by atoms with E-state index in [4.69, 9.17) is 14.6 Å². The fraction of sp³-hybridized carbons (Fsp3) is 0.762. The lowest BCUT2D eigenvalue weighted by molar-refractivity contribution is -0.165. The molecule has 0 radical (unpaired) electrons. The van der Waals surface area contributed by atoms with E-state index in [0.717, 1.165) is 4.90 Å². The molecule has 1 unspecified atom stereocenters. The predicted molar refractivity (Wildman–Crippen MR) is 117 cm³/mol. The van der Waals surface area contributed by atoms with Gasteiger partial charge in [-0.1, -0.05) is 0 Å². The number of carbonyl (C=O) groups excluding carboxylic acids is 4. The minimum Gasteiger partial charge on any atom is -0.480 e. The van der Waals surface area contributed by atoms with Gasteiger partial charge in [0.15, 0.2) is 11.3 Å². The van der Waals surface area contributed by atoms with Crippen molar-refractivity contribution in [2.75, 3.05) is 26.2 Å². The van der Waals surface area contributed by atoms with Gasteiger partial charge in [0.1, 0.15) is 17.7 Å². The van der Waals surface area contributed by atoms with Crippen LogP contribution in [0.3, 0.4) is 0 Å². The fourth-order valence-corrected chi connectivity index (χ4v) is 3.37. The van der Waals surface area contributed by atoms with E-state index in [2.05, 4.69) is 10.7 Å². The molecule has 12 heteroatoms. The molecule has 1 fully saturated rings. The molecule has 1 saturated heterocycles. The van der Waals surface area contributed by atoms with Crippen LogP contribution in [0.1, 0.15) is 61.3 Å². The summed E-state index contributed by atoms with van der Waals surface area (Å²) < 4.78 is 10.4. The summed E-state index contributed by atoms with van der Waals surface area (Å²) >= 11 is 0. The Balaban J connectivity index is 3.08. The van der Waals surface area contributed by atoms with Crippen LogP contribution in [-0.4, -0.2) is 87.8 Å². The van der Waals surface area contributed by atoms with E-state index < -0.39 is 53.1 Å². The number of carboxylic acids is 1. The molecule has 1 aliphatic rings. The van der Waals surface area contributed by atoms with Crippen LogP contribution < -0.4 is 10.7 Å². The highest BCUT2D eigenvalue weighted by atomic mass is 16.6. The van der Waals surface area contributed by atoms with E-state index in [-0.39, 0.29) is 32.5 Å². The fourth-order valence-electron chi connectivity index (χ4n) is 3.37. The third-order valence-electron chi connectivity index (χ3n) is 4.61. The monoisotopic (exact) mass is 472 g/mol. The summed E-state index contributed by atoms with van der Waals surface area (Å²) in [5.74, 6) is -2.53. The van der Waals surface area contributed by atoms with Gasteiger partial charge in [-0.15, -0.1) is 0 Å². The van der Waals surface area contributed by atoms with Crippen molar-refractivity contribution in [1.29, 1.82) is 0 Å². The molecule has 3 N–H and O–H groups in total. The quantitative estimate of drug-likeness (QED) is 0.350. The number of nitrogens with zero attached hydrogens (tertiary/aromatic N) is 2. The number of Topliss-reactive ketones (excluding diaryl/α,β-unsaturated/α-hetero) is 1. The number of piperazine rings is 1. The number of amides is 3. The molecule has 0 saturated carbocycles. The predicted octanol–water partition coefficient (Wildman–Crippen LogP) is 1.29. The lowest BCUT2D eigenvalue weighted by Crippen LogP contribution is -2.73. The molecule has 0 aromatic heterocycles. The smallest absolute Gasteiger partial charge is 0.422 e. The maximum Gasteiger partial charge on any atom is 0.422 e. The second kappa shape index (κ2) is 10.8. The van der Waals surface area contributed by atoms with Crippen LogP contribution in [0.4, 0.5) is 9.59 Å². The Labute approximate surface area is 193 Å². The second-order valence-corrected chi connectivity index (χ2v) is 9.83. The number of alkyl carbamates (subject to hydrolysis) is 1. The number of nitrogens with one attached hydrogen (secondary N) is 2. The van der Waals surface area contributed by atoms with Crippen LogP contribution in [0.2, 0.25) is 0 Å². The van der Waals surface area contributed by atoms with Crippen LogP contribution in [0.25, 0.3) is 0 Å². The maximum absolute atomic E-state index is 13.3.